The van der Waals surface area contributed by atoms with Gasteiger partial charge in [-0.05, 0) is 32.6 Å². The monoisotopic (exact) mass is 516 g/mol. The second kappa shape index (κ2) is 9.17. The Bertz CT molecular complexity index is 1330. The van der Waals surface area contributed by atoms with E-state index in [1.165, 1.54) is 35.6 Å². The molecule has 0 bridgehead atoms. The van der Waals surface area contributed by atoms with Gasteiger partial charge >= 0.3 is 6.03 Å². The number of anilines is 1. The predicted octanol–water partition coefficient (Wildman–Crippen LogP) is 3.97. The number of ether oxygens (including phenoxy) is 2. The molecule has 0 radical (unpaired) electrons. The molecule has 2 aliphatic rings. The van der Waals surface area contributed by atoms with E-state index in [-0.39, 0.29) is 18.4 Å². The van der Waals surface area contributed by atoms with Crippen LogP contribution in [0.25, 0.3) is 10.3 Å². The lowest BCUT2D eigenvalue weighted by molar-refractivity contribution is 0.0861. The van der Waals surface area contributed by atoms with E-state index in [4.69, 9.17) is 21.1 Å². The van der Waals surface area contributed by atoms with E-state index in [2.05, 4.69) is 35.8 Å². The lowest BCUT2D eigenvalue weighted by atomic mass is 10.0. The molecule has 2 unspecified atom stereocenters. The third kappa shape index (κ3) is 4.60. The number of aliphatic imine (C=N–C) groups is 1. The van der Waals surface area contributed by atoms with Crippen molar-refractivity contribution in [1.82, 2.24) is 30.3 Å². The van der Waals surface area contributed by atoms with E-state index < -0.39 is 10.9 Å². The van der Waals surface area contributed by atoms with Crippen molar-refractivity contribution < 1.29 is 14.3 Å². The van der Waals surface area contributed by atoms with Crippen LogP contribution in [0.4, 0.5) is 10.5 Å². The van der Waals surface area contributed by atoms with E-state index >= 15 is 0 Å². The highest BCUT2D eigenvalue weighted by Gasteiger charge is 2.39. The molecule has 1 aliphatic heterocycles. The topological polar surface area (TPSA) is 128 Å². The number of methoxy groups -OCH3 is 2. The number of hydrogen-bond donors (Lipinski definition) is 2. The summed E-state index contributed by atoms with van der Waals surface area (Å²) in [7, 11) is 3.16. The van der Waals surface area contributed by atoms with Crippen molar-refractivity contribution in [3.05, 3.63) is 40.7 Å². The largest absolute Gasteiger partial charge is 0.480 e. The van der Waals surface area contributed by atoms with Gasteiger partial charge in [-0.25, -0.2) is 14.8 Å². The van der Waals surface area contributed by atoms with Crippen molar-refractivity contribution in [2.24, 2.45) is 10.9 Å². The quantitative estimate of drug-likeness (QED) is 0.474. The molecule has 1 saturated carbocycles. The van der Waals surface area contributed by atoms with Gasteiger partial charge in [0.1, 0.15) is 15.2 Å². The molecular formula is C22H25ClN8O3S. The molecule has 11 nitrogen and oxygen atoms in total. The molecule has 4 heterocycles. The van der Waals surface area contributed by atoms with E-state index in [0.29, 0.717) is 23.1 Å². The second-order valence-corrected chi connectivity index (χ2v) is 10.7. The van der Waals surface area contributed by atoms with E-state index in [1.54, 1.807) is 20.2 Å². The number of nitrogens with one attached hydrogen (secondary N) is 2. The zero-order valence-electron chi connectivity index (χ0n) is 19.7. The van der Waals surface area contributed by atoms with Crippen LogP contribution in [0.15, 0.2) is 35.2 Å². The van der Waals surface area contributed by atoms with Gasteiger partial charge in [-0.15, -0.1) is 16.4 Å². The first-order valence-corrected chi connectivity index (χ1v) is 12.3. The van der Waals surface area contributed by atoms with Gasteiger partial charge in [0.15, 0.2) is 5.84 Å². The van der Waals surface area contributed by atoms with Crippen LogP contribution < -0.4 is 10.6 Å². The summed E-state index contributed by atoms with van der Waals surface area (Å²) in [5.74, 6) is 1.01. The fraction of sp³-hybridized carbons (Fsp3) is 0.455. The van der Waals surface area contributed by atoms with Gasteiger partial charge in [0.25, 0.3) is 0 Å². The number of rotatable bonds is 6. The van der Waals surface area contributed by atoms with Gasteiger partial charge < -0.3 is 20.1 Å². The number of halogens is 1. The van der Waals surface area contributed by atoms with Crippen molar-refractivity contribution in [1.29, 1.82) is 0 Å². The fourth-order valence-corrected chi connectivity index (χ4v) is 5.26. The maximum absolute atomic E-state index is 13.1. The number of carbonyl (C=O) groups is 1. The Labute approximate surface area is 210 Å². The molecule has 2 N–H and O–H groups in total. The highest BCUT2D eigenvalue weighted by Crippen LogP contribution is 2.47. The molecule has 13 heteroatoms. The number of allylic oxidation sites excluding steroid dienone is 1. The minimum atomic E-state index is -0.972. The van der Waals surface area contributed by atoms with E-state index in [1.807, 2.05) is 6.92 Å². The number of alkyl halides is 1. The predicted molar refractivity (Wildman–Crippen MR) is 133 cm³/mol. The standard InChI is InChI=1S/C22H25ClN8O3S/c1-11-27-16-15(17(33-3)12-5-6-12)14(10-24-19(16)35-11)29-21(32)28-13-9-22(2,23)20(30-18(13)34-4)31-25-7-8-26-31/h7-8,10,12,17H,5-6,9H2,1-4H3,(H2,28,29,32). The summed E-state index contributed by atoms with van der Waals surface area (Å²) in [6.07, 6.45) is 6.93. The van der Waals surface area contributed by atoms with Crippen molar-refractivity contribution in [3.8, 4) is 0 Å². The molecule has 3 aromatic rings. The van der Waals surface area contributed by atoms with Crippen LogP contribution in [0, 0.1) is 12.8 Å². The normalized spacial score (nSPS) is 21.1. The average Bonchev–Trinajstić information content (AvgIpc) is 3.34. The second-order valence-electron chi connectivity index (χ2n) is 8.66. The molecule has 3 aromatic heterocycles. The molecule has 35 heavy (non-hydrogen) atoms. The van der Waals surface area contributed by atoms with Gasteiger partial charge in [-0.3, -0.25) is 0 Å². The molecule has 1 fully saturated rings. The highest BCUT2D eigenvalue weighted by molar-refractivity contribution is 7.18. The summed E-state index contributed by atoms with van der Waals surface area (Å²) in [4.78, 5) is 28.0. The number of pyridine rings is 1. The summed E-state index contributed by atoms with van der Waals surface area (Å²) in [5.41, 5.74) is 2.58. The third-order valence-corrected chi connectivity index (χ3v) is 7.10. The number of thiazole rings is 1. The van der Waals surface area contributed by atoms with Gasteiger partial charge in [0.05, 0.1) is 48.2 Å². The zero-order chi connectivity index (χ0) is 24.7. The number of aromatic nitrogens is 5. The molecule has 0 saturated heterocycles. The molecule has 0 aromatic carbocycles. The average molecular weight is 517 g/mol. The zero-order valence-corrected chi connectivity index (χ0v) is 21.3. The number of carbonyl (C=O) groups excluding carboxylic acids is 1. The number of urea groups is 1. The minimum Gasteiger partial charge on any atom is -0.480 e. The van der Waals surface area contributed by atoms with E-state index in [0.717, 1.165) is 33.8 Å². The molecular weight excluding hydrogens is 492 g/mol. The number of hydrogen-bond acceptors (Lipinski definition) is 9. The molecule has 184 valence electrons. The molecule has 2 atom stereocenters. The Kier molecular flexibility index (Phi) is 6.20. The fourth-order valence-electron chi connectivity index (χ4n) is 4.23. The molecule has 1 aliphatic carbocycles. The van der Waals surface area contributed by atoms with Crippen molar-refractivity contribution in [2.45, 2.75) is 44.1 Å². The van der Waals surface area contributed by atoms with Crippen LogP contribution in [0.3, 0.4) is 0 Å². The first kappa shape index (κ1) is 23.6. The van der Waals surface area contributed by atoms with Crippen molar-refractivity contribution >= 4 is 50.8 Å². The smallest absolute Gasteiger partial charge is 0.323 e. The van der Waals surface area contributed by atoms with Crippen LogP contribution in [0.5, 0.6) is 0 Å². The Morgan fingerprint density at radius 2 is 2.03 bits per heavy atom. The summed E-state index contributed by atoms with van der Waals surface area (Å²) in [6.45, 7) is 3.72. The molecule has 5 rings (SSSR count). The third-order valence-electron chi connectivity index (χ3n) is 5.92. The maximum atomic E-state index is 13.1. The summed E-state index contributed by atoms with van der Waals surface area (Å²) in [6, 6.07) is -0.474. The number of nitrogens with zero attached hydrogens (tertiary/aromatic N) is 6. The Morgan fingerprint density at radius 1 is 1.29 bits per heavy atom. The van der Waals surface area contributed by atoms with Crippen LogP contribution >= 0.6 is 22.9 Å². The number of fused-ring (bicyclic) bond motifs is 1. The summed E-state index contributed by atoms with van der Waals surface area (Å²) < 4.78 is 11.3. The minimum absolute atomic E-state index is 0.180. The maximum Gasteiger partial charge on any atom is 0.323 e. The van der Waals surface area contributed by atoms with Crippen LogP contribution in [-0.2, 0) is 9.47 Å². The van der Waals surface area contributed by atoms with Gasteiger partial charge in [-0.1, -0.05) is 11.3 Å². The Hall–Kier alpha value is -3.09. The van der Waals surface area contributed by atoms with E-state index in [9.17, 15) is 4.79 Å². The Balaban J connectivity index is 1.45. The van der Waals surface area contributed by atoms with Crippen molar-refractivity contribution in [3.63, 3.8) is 0 Å². The SMILES string of the molecule is COC1=C(NC(=O)Nc2cnc3sc(C)nc3c2C(OC)C2CC2)CC(C)(Cl)C(n2nccn2)=N1. The lowest BCUT2D eigenvalue weighted by Gasteiger charge is -2.29. The number of amides is 2. The summed E-state index contributed by atoms with van der Waals surface area (Å²) in [5, 5.41) is 14.9. The Morgan fingerprint density at radius 3 is 2.69 bits per heavy atom. The van der Waals surface area contributed by atoms with Gasteiger partial charge in [0.2, 0.25) is 5.88 Å². The first-order chi connectivity index (χ1) is 16.8. The molecule has 0 spiro atoms. The van der Waals surface area contributed by atoms with Crippen LogP contribution in [0.1, 0.15) is 42.9 Å². The lowest BCUT2D eigenvalue weighted by Crippen LogP contribution is -2.42. The van der Waals surface area contributed by atoms with Crippen LogP contribution in [-0.4, -0.2) is 55.9 Å². The first-order valence-electron chi connectivity index (χ1n) is 11.1. The van der Waals surface area contributed by atoms with Crippen LogP contribution in [0.2, 0.25) is 0 Å². The number of aryl methyl sites for hydroxylation is 1. The highest BCUT2D eigenvalue weighted by atomic mass is 35.5. The summed E-state index contributed by atoms with van der Waals surface area (Å²) >= 11 is 8.27. The molecule has 2 amide bonds. The van der Waals surface area contributed by atoms with Crippen molar-refractivity contribution in [2.75, 3.05) is 19.5 Å². The van der Waals surface area contributed by atoms with Gasteiger partial charge in [0, 0.05) is 19.1 Å². The van der Waals surface area contributed by atoms with Gasteiger partial charge in [-0.2, -0.15) is 15.2 Å².